The van der Waals surface area contributed by atoms with E-state index in [4.69, 9.17) is 0 Å². The summed E-state index contributed by atoms with van der Waals surface area (Å²) in [5.41, 5.74) is 2.35. The molecule has 0 unspecified atom stereocenters. The van der Waals surface area contributed by atoms with Gasteiger partial charge in [0.2, 0.25) is 0 Å². The highest BCUT2D eigenvalue weighted by Gasteiger charge is 2.42. The van der Waals surface area contributed by atoms with Crippen LogP contribution in [0.2, 0.25) is 0 Å². The maximum atomic E-state index is 13.0. The van der Waals surface area contributed by atoms with Crippen molar-refractivity contribution in [2.75, 3.05) is 0 Å². The van der Waals surface area contributed by atoms with Gasteiger partial charge in [0.15, 0.2) is 5.65 Å². The van der Waals surface area contributed by atoms with Crippen LogP contribution in [0, 0.1) is 24.7 Å². The van der Waals surface area contributed by atoms with E-state index in [2.05, 4.69) is 36.2 Å². The van der Waals surface area contributed by atoms with Gasteiger partial charge < -0.3 is 5.32 Å². The number of nitrogens with one attached hydrogen (secondary N) is 1. The average Bonchev–Trinajstić information content (AvgIpc) is 3.28. The van der Waals surface area contributed by atoms with Crippen molar-refractivity contribution in [3.8, 4) is 0 Å². The molecule has 1 amide bonds. The van der Waals surface area contributed by atoms with Gasteiger partial charge in [-0.25, -0.2) is 9.67 Å². The predicted octanol–water partition coefficient (Wildman–Crippen LogP) is 3.88. The zero-order valence-electron chi connectivity index (χ0n) is 15.6. The van der Waals surface area contributed by atoms with E-state index >= 15 is 0 Å². The third-order valence-electron chi connectivity index (χ3n) is 6.22. The second kappa shape index (κ2) is 6.11. The molecule has 25 heavy (non-hydrogen) atoms. The van der Waals surface area contributed by atoms with Crippen LogP contribution < -0.4 is 5.32 Å². The standard InChI is InChI=1S/C20H28N4O/c1-11(2)24-19-18(10-21-24)17(7-12(3)22-19)20(25)23-13(4)16-9-14-5-6-15(16)8-14/h7,10-11,13-16H,5-6,8-9H2,1-4H3,(H,23,25)/t13-,14+,15+,16-/m1/s1. The third-order valence-corrected chi connectivity index (χ3v) is 6.22. The van der Waals surface area contributed by atoms with Crippen LogP contribution in [0.25, 0.3) is 11.0 Å². The Hall–Kier alpha value is -1.91. The first-order valence-corrected chi connectivity index (χ1v) is 9.59. The van der Waals surface area contributed by atoms with Crippen LogP contribution in [0.3, 0.4) is 0 Å². The molecule has 2 bridgehead atoms. The number of hydrogen-bond acceptors (Lipinski definition) is 3. The number of carbonyl (C=O) groups is 1. The van der Waals surface area contributed by atoms with Crippen LogP contribution in [-0.4, -0.2) is 26.7 Å². The fraction of sp³-hybridized carbons (Fsp3) is 0.650. The second-order valence-corrected chi connectivity index (χ2v) is 8.33. The monoisotopic (exact) mass is 340 g/mol. The Labute approximate surface area is 149 Å². The molecule has 4 atom stereocenters. The van der Waals surface area contributed by atoms with E-state index in [0.29, 0.717) is 11.5 Å². The van der Waals surface area contributed by atoms with E-state index in [1.54, 1.807) is 6.20 Å². The zero-order valence-corrected chi connectivity index (χ0v) is 15.6. The molecule has 0 aromatic carbocycles. The summed E-state index contributed by atoms with van der Waals surface area (Å²) in [4.78, 5) is 17.6. The largest absolute Gasteiger partial charge is 0.349 e. The van der Waals surface area contributed by atoms with Gasteiger partial charge in [-0.1, -0.05) is 6.42 Å². The topological polar surface area (TPSA) is 59.8 Å². The maximum absolute atomic E-state index is 13.0. The summed E-state index contributed by atoms with van der Waals surface area (Å²) in [5.74, 6) is 2.35. The first kappa shape index (κ1) is 16.6. The van der Waals surface area contributed by atoms with Gasteiger partial charge in [-0.2, -0.15) is 5.10 Å². The molecule has 0 saturated heterocycles. The summed E-state index contributed by atoms with van der Waals surface area (Å²) < 4.78 is 1.89. The Balaban J connectivity index is 1.59. The van der Waals surface area contributed by atoms with Crippen molar-refractivity contribution in [1.82, 2.24) is 20.1 Å². The molecule has 2 fully saturated rings. The predicted molar refractivity (Wildman–Crippen MR) is 98.5 cm³/mol. The first-order chi connectivity index (χ1) is 11.9. The third kappa shape index (κ3) is 2.83. The Kier molecular flexibility index (Phi) is 4.05. The molecular formula is C20H28N4O. The summed E-state index contributed by atoms with van der Waals surface area (Å²) in [5, 5.41) is 8.56. The Morgan fingerprint density at radius 1 is 1.28 bits per heavy atom. The number of nitrogens with zero attached hydrogens (tertiary/aromatic N) is 3. The molecule has 0 spiro atoms. The summed E-state index contributed by atoms with van der Waals surface area (Å²) in [6.45, 7) is 8.26. The molecule has 4 rings (SSSR count). The van der Waals surface area contributed by atoms with E-state index in [1.807, 2.05) is 17.7 Å². The van der Waals surface area contributed by atoms with Gasteiger partial charge in [0, 0.05) is 17.8 Å². The molecule has 134 valence electrons. The fourth-order valence-electron chi connectivity index (χ4n) is 5.01. The lowest BCUT2D eigenvalue weighted by molar-refractivity contribution is 0.0917. The fourth-order valence-corrected chi connectivity index (χ4v) is 5.01. The van der Waals surface area contributed by atoms with Crippen molar-refractivity contribution in [2.45, 2.75) is 65.5 Å². The first-order valence-electron chi connectivity index (χ1n) is 9.59. The number of fused-ring (bicyclic) bond motifs is 3. The molecule has 1 N–H and O–H groups in total. The van der Waals surface area contributed by atoms with Gasteiger partial charge in [-0.05, 0) is 70.8 Å². The van der Waals surface area contributed by atoms with Crippen molar-refractivity contribution >= 4 is 16.9 Å². The van der Waals surface area contributed by atoms with E-state index < -0.39 is 0 Å². The van der Waals surface area contributed by atoms with E-state index in [-0.39, 0.29) is 18.0 Å². The highest BCUT2D eigenvalue weighted by molar-refractivity contribution is 6.05. The lowest BCUT2D eigenvalue weighted by atomic mass is 9.84. The van der Waals surface area contributed by atoms with Crippen LogP contribution in [-0.2, 0) is 0 Å². The number of pyridine rings is 1. The average molecular weight is 340 g/mol. The molecule has 5 heteroatoms. The van der Waals surface area contributed by atoms with Crippen molar-refractivity contribution in [3.63, 3.8) is 0 Å². The van der Waals surface area contributed by atoms with Crippen LogP contribution in [0.1, 0.15) is 68.5 Å². The summed E-state index contributed by atoms with van der Waals surface area (Å²) >= 11 is 0. The Morgan fingerprint density at radius 2 is 2.08 bits per heavy atom. The van der Waals surface area contributed by atoms with Gasteiger partial charge >= 0.3 is 0 Å². The maximum Gasteiger partial charge on any atom is 0.252 e. The van der Waals surface area contributed by atoms with E-state index in [1.165, 1.54) is 25.7 Å². The minimum Gasteiger partial charge on any atom is -0.349 e. The molecule has 2 heterocycles. The molecule has 0 aliphatic heterocycles. The SMILES string of the molecule is Cc1cc(C(=O)N[C@H](C)[C@H]2C[C@H]3CC[C@H]2C3)c2cnn(C(C)C)c2n1. The number of aryl methyl sites for hydroxylation is 1. The molecule has 2 aromatic heterocycles. The lowest BCUT2D eigenvalue weighted by Crippen LogP contribution is -2.40. The molecule has 2 aliphatic rings. The van der Waals surface area contributed by atoms with E-state index in [9.17, 15) is 4.79 Å². The number of hydrogen-bond donors (Lipinski definition) is 1. The highest BCUT2D eigenvalue weighted by atomic mass is 16.1. The molecule has 5 nitrogen and oxygen atoms in total. The van der Waals surface area contributed by atoms with Crippen LogP contribution >= 0.6 is 0 Å². The van der Waals surface area contributed by atoms with Gasteiger partial charge in [-0.15, -0.1) is 0 Å². The Morgan fingerprint density at radius 3 is 2.72 bits per heavy atom. The quantitative estimate of drug-likeness (QED) is 0.919. The van der Waals surface area contributed by atoms with Crippen molar-refractivity contribution in [1.29, 1.82) is 0 Å². The van der Waals surface area contributed by atoms with E-state index in [0.717, 1.165) is 28.6 Å². The Bertz CT molecular complexity index is 809. The van der Waals surface area contributed by atoms with Crippen LogP contribution in [0.15, 0.2) is 12.3 Å². The highest BCUT2D eigenvalue weighted by Crippen LogP contribution is 2.49. The van der Waals surface area contributed by atoms with Gasteiger partial charge in [0.05, 0.1) is 17.1 Å². The summed E-state index contributed by atoms with van der Waals surface area (Å²) in [6.07, 6.45) is 7.15. The van der Waals surface area contributed by atoms with Crippen LogP contribution in [0.5, 0.6) is 0 Å². The van der Waals surface area contributed by atoms with Gasteiger partial charge in [-0.3, -0.25) is 4.79 Å². The molecule has 2 saturated carbocycles. The smallest absolute Gasteiger partial charge is 0.252 e. The number of aromatic nitrogens is 3. The number of amides is 1. The molecule has 2 aliphatic carbocycles. The summed E-state index contributed by atoms with van der Waals surface area (Å²) in [6, 6.07) is 2.33. The van der Waals surface area contributed by atoms with Crippen molar-refractivity contribution in [3.05, 3.63) is 23.5 Å². The van der Waals surface area contributed by atoms with Gasteiger partial charge in [0.1, 0.15) is 0 Å². The summed E-state index contributed by atoms with van der Waals surface area (Å²) in [7, 11) is 0. The van der Waals surface area contributed by atoms with Gasteiger partial charge in [0.25, 0.3) is 5.91 Å². The second-order valence-electron chi connectivity index (χ2n) is 8.33. The number of carbonyl (C=O) groups excluding carboxylic acids is 1. The number of rotatable bonds is 4. The minimum absolute atomic E-state index is 0.00841. The molecule has 2 aromatic rings. The van der Waals surface area contributed by atoms with Crippen molar-refractivity contribution < 1.29 is 4.79 Å². The molecular weight excluding hydrogens is 312 g/mol. The minimum atomic E-state index is 0.00841. The normalized spacial score (nSPS) is 26.5. The molecule has 0 radical (unpaired) electrons. The lowest BCUT2D eigenvalue weighted by Gasteiger charge is -2.28. The van der Waals surface area contributed by atoms with Crippen molar-refractivity contribution in [2.24, 2.45) is 17.8 Å². The van der Waals surface area contributed by atoms with Crippen LogP contribution in [0.4, 0.5) is 0 Å². The zero-order chi connectivity index (χ0) is 17.7.